The lowest BCUT2D eigenvalue weighted by atomic mass is 10.2. The molecule has 32 heavy (non-hydrogen) atoms. The van der Waals surface area contributed by atoms with Crippen molar-refractivity contribution in [2.24, 2.45) is 0 Å². The number of imide groups is 1. The van der Waals surface area contributed by atoms with Crippen LogP contribution in [0.2, 0.25) is 0 Å². The number of hydrogen-bond donors (Lipinski definition) is 2. The number of aryl methyl sites for hydroxylation is 1. The normalized spacial score (nSPS) is 10.8. The van der Waals surface area contributed by atoms with E-state index in [1.165, 1.54) is 6.08 Å². The molecule has 0 aliphatic carbocycles. The van der Waals surface area contributed by atoms with Gasteiger partial charge in [0.2, 0.25) is 0 Å². The van der Waals surface area contributed by atoms with Gasteiger partial charge in [-0.25, -0.2) is 14.3 Å². The summed E-state index contributed by atoms with van der Waals surface area (Å²) in [5.41, 5.74) is 3.34. The van der Waals surface area contributed by atoms with Gasteiger partial charge >= 0.3 is 12.0 Å². The van der Waals surface area contributed by atoms with E-state index in [0.717, 1.165) is 27.5 Å². The van der Waals surface area contributed by atoms with Gasteiger partial charge in [0.05, 0.1) is 11.4 Å². The summed E-state index contributed by atoms with van der Waals surface area (Å²) in [5.74, 6) is -1.39. The molecule has 3 rings (SSSR count). The Morgan fingerprint density at radius 3 is 2.62 bits per heavy atom. The molecule has 0 fully saturated rings. The number of rotatable bonds is 8. The molecule has 2 aromatic heterocycles. The van der Waals surface area contributed by atoms with E-state index >= 15 is 0 Å². The van der Waals surface area contributed by atoms with Crippen LogP contribution in [0.1, 0.15) is 21.8 Å². The molecule has 3 aromatic rings. The molecule has 1 aromatic carbocycles. The van der Waals surface area contributed by atoms with Gasteiger partial charge in [0.1, 0.15) is 0 Å². The zero-order valence-electron chi connectivity index (χ0n) is 17.8. The largest absolute Gasteiger partial charge is 0.452 e. The average molecular weight is 453 g/mol. The number of benzene rings is 1. The minimum absolute atomic E-state index is 0.400. The third-order valence-electron chi connectivity index (χ3n) is 4.57. The highest BCUT2D eigenvalue weighted by atomic mass is 32.1. The summed E-state index contributed by atoms with van der Waals surface area (Å²) in [5, 5.41) is 11.2. The highest BCUT2D eigenvalue weighted by Crippen LogP contribution is 2.19. The van der Waals surface area contributed by atoms with Gasteiger partial charge in [-0.15, -0.1) is 11.3 Å². The molecule has 9 heteroatoms. The Labute approximate surface area is 189 Å². The first-order valence-electron chi connectivity index (χ1n) is 10.0. The highest BCUT2D eigenvalue weighted by Gasteiger charge is 2.12. The Bertz CT molecular complexity index is 1100. The highest BCUT2D eigenvalue weighted by molar-refractivity contribution is 7.09. The Hall–Kier alpha value is -3.72. The van der Waals surface area contributed by atoms with Crippen LogP contribution in [0.5, 0.6) is 0 Å². The van der Waals surface area contributed by atoms with Crippen molar-refractivity contribution < 1.29 is 19.1 Å². The first-order chi connectivity index (χ1) is 15.4. The molecule has 0 bridgehead atoms. The number of aromatic nitrogens is 2. The van der Waals surface area contributed by atoms with E-state index < -0.39 is 24.5 Å². The first kappa shape index (κ1) is 23.0. The Balaban J connectivity index is 1.45. The van der Waals surface area contributed by atoms with Crippen molar-refractivity contribution in [3.63, 3.8) is 0 Å². The second kappa shape index (κ2) is 11.1. The summed E-state index contributed by atoms with van der Waals surface area (Å²) in [6.07, 6.45) is 3.52. The zero-order chi connectivity index (χ0) is 22.9. The average Bonchev–Trinajstić information content (AvgIpc) is 3.39. The third-order valence-corrected chi connectivity index (χ3v) is 5.51. The summed E-state index contributed by atoms with van der Waals surface area (Å²) in [6, 6.07) is 12.9. The second-order valence-corrected chi connectivity index (χ2v) is 7.94. The number of amides is 3. The molecule has 0 saturated heterocycles. The maximum Gasteiger partial charge on any atom is 0.331 e. The standard InChI is InChI=1S/C23H24N4O4S/c1-16-20(17(2)27(26-16)18-7-4-3-5-8-18)10-11-22(29)31-15-21(28)25-23(30)24-13-12-19-9-6-14-32-19/h3-11,14H,12-13,15H2,1-2H3,(H2,24,25,28,30)/b11-10+. The molecule has 0 atom stereocenters. The van der Waals surface area contributed by atoms with Crippen LogP contribution in [-0.2, 0) is 20.7 Å². The van der Waals surface area contributed by atoms with E-state index in [-0.39, 0.29) is 0 Å². The maximum absolute atomic E-state index is 12.0. The molecule has 0 aliphatic rings. The minimum atomic E-state index is -0.704. The van der Waals surface area contributed by atoms with E-state index in [1.807, 2.05) is 61.7 Å². The number of carbonyl (C=O) groups excluding carboxylic acids is 3. The number of urea groups is 1. The molecule has 2 heterocycles. The van der Waals surface area contributed by atoms with Gasteiger partial charge in [-0.05, 0) is 49.9 Å². The molecular weight excluding hydrogens is 428 g/mol. The monoisotopic (exact) mass is 452 g/mol. The van der Waals surface area contributed by atoms with Crippen molar-refractivity contribution in [1.82, 2.24) is 20.4 Å². The minimum Gasteiger partial charge on any atom is -0.452 e. The number of para-hydroxylation sites is 1. The summed E-state index contributed by atoms with van der Waals surface area (Å²) >= 11 is 1.60. The van der Waals surface area contributed by atoms with Crippen LogP contribution in [-0.4, -0.2) is 40.8 Å². The fraction of sp³-hybridized carbons (Fsp3) is 0.217. The zero-order valence-corrected chi connectivity index (χ0v) is 18.6. The summed E-state index contributed by atoms with van der Waals surface area (Å²) in [7, 11) is 0. The van der Waals surface area contributed by atoms with E-state index in [2.05, 4.69) is 15.7 Å². The van der Waals surface area contributed by atoms with Crippen LogP contribution in [0.15, 0.2) is 53.9 Å². The van der Waals surface area contributed by atoms with E-state index in [4.69, 9.17) is 4.74 Å². The van der Waals surface area contributed by atoms with Crippen LogP contribution in [0.4, 0.5) is 4.79 Å². The van der Waals surface area contributed by atoms with Gasteiger partial charge in [-0.1, -0.05) is 24.3 Å². The number of nitrogens with zero attached hydrogens (tertiary/aromatic N) is 2. The number of hydrogen-bond acceptors (Lipinski definition) is 6. The molecule has 0 spiro atoms. The van der Waals surface area contributed by atoms with Gasteiger partial charge in [0.25, 0.3) is 5.91 Å². The van der Waals surface area contributed by atoms with Gasteiger partial charge in [0, 0.05) is 28.8 Å². The quantitative estimate of drug-likeness (QED) is 0.404. The molecule has 0 aliphatic heterocycles. The van der Waals surface area contributed by atoms with Crippen molar-refractivity contribution in [2.75, 3.05) is 13.2 Å². The molecule has 8 nitrogen and oxygen atoms in total. The number of ether oxygens (including phenoxy) is 1. The lowest BCUT2D eigenvalue weighted by Crippen LogP contribution is -2.42. The van der Waals surface area contributed by atoms with Crippen molar-refractivity contribution >= 4 is 35.3 Å². The number of nitrogens with one attached hydrogen (secondary N) is 2. The Morgan fingerprint density at radius 2 is 1.91 bits per heavy atom. The third kappa shape index (κ3) is 6.39. The molecular formula is C23H24N4O4S. The smallest absolute Gasteiger partial charge is 0.331 e. The molecule has 3 amide bonds. The molecule has 0 unspecified atom stereocenters. The predicted molar refractivity (Wildman–Crippen MR) is 123 cm³/mol. The lowest BCUT2D eigenvalue weighted by Gasteiger charge is -2.06. The van der Waals surface area contributed by atoms with Crippen LogP contribution in [0, 0.1) is 13.8 Å². The predicted octanol–water partition coefficient (Wildman–Crippen LogP) is 3.18. The molecule has 2 N–H and O–H groups in total. The number of carbonyl (C=O) groups is 3. The molecule has 0 saturated carbocycles. The Morgan fingerprint density at radius 1 is 1.12 bits per heavy atom. The van der Waals surface area contributed by atoms with Gasteiger partial charge in [-0.2, -0.15) is 5.10 Å². The van der Waals surface area contributed by atoms with Gasteiger partial charge in [-0.3, -0.25) is 10.1 Å². The summed E-state index contributed by atoms with van der Waals surface area (Å²) < 4.78 is 6.71. The van der Waals surface area contributed by atoms with Crippen molar-refractivity contribution in [2.45, 2.75) is 20.3 Å². The van der Waals surface area contributed by atoms with Crippen LogP contribution in [0.25, 0.3) is 11.8 Å². The van der Waals surface area contributed by atoms with Crippen molar-refractivity contribution in [3.05, 3.63) is 75.7 Å². The lowest BCUT2D eigenvalue weighted by molar-refractivity contribution is -0.143. The van der Waals surface area contributed by atoms with Crippen molar-refractivity contribution in [1.29, 1.82) is 0 Å². The molecule has 0 radical (unpaired) electrons. The maximum atomic E-state index is 12.0. The fourth-order valence-corrected chi connectivity index (χ4v) is 3.72. The van der Waals surface area contributed by atoms with Crippen LogP contribution >= 0.6 is 11.3 Å². The SMILES string of the molecule is Cc1nn(-c2ccccc2)c(C)c1/C=C/C(=O)OCC(=O)NC(=O)NCCc1cccs1. The molecule has 166 valence electrons. The topological polar surface area (TPSA) is 102 Å². The van der Waals surface area contributed by atoms with Gasteiger partial charge in [0.15, 0.2) is 6.61 Å². The Kier molecular flexibility index (Phi) is 7.93. The number of esters is 1. The van der Waals surface area contributed by atoms with E-state index in [1.54, 1.807) is 22.1 Å². The van der Waals surface area contributed by atoms with Gasteiger partial charge < -0.3 is 10.1 Å². The van der Waals surface area contributed by atoms with Crippen LogP contribution < -0.4 is 10.6 Å². The second-order valence-electron chi connectivity index (χ2n) is 6.91. The van der Waals surface area contributed by atoms with Crippen LogP contribution in [0.3, 0.4) is 0 Å². The number of thiophene rings is 1. The first-order valence-corrected chi connectivity index (χ1v) is 10.9. The summed E-state index contributed by atoms with van der Waals surface area (Å²) in [4.78, 5) is 36.7. The fourth-order valence-electron chi connectivity index (χ4n) is 3.01. The summed E-state index contributed by atoms with van der Waals surface area (Å²) in [6.45, 7) is 3.60. The van der Waals surface area contributed by atoms with E-state index in [0.29, 0.717) is 13.0 Å². The van der Waals surface area contributed by atoms with Crippen molar-refractivity contribution in [3.8, 4) is 5.69 Å². The van der Waals surface area contributed by atoms with E-state index in [9.17, 15) is 14.4 Å².